The number of methoxy groups -OCH3 is 1. The van der Waals surface area contributed by atoms with E-state index in [1.165, 1.54) is 7.11 Å². The van der Waals surface area contributed by atoms with Crippen LogP contribution < -0.4 is 5.73 Å². The van der Waals surface area contributed by atoms with Gasteiger partial charge in [0.05, 0.1) is 7.11 Å². The van der Waals surface area contributed by atoms with Crippen molar-refractivity contribution in [1.29, 1.82) is 0 Å². The predicted octanol–water partition coefficient (Wildman–Crippen LogP) is 0.650. The lowest BCUT2D eigenvalue weighted by molar-refractivity contribution is -0.148. The molecule has 1 aliphatic heterocycles. The molecule has 0 spiro atoms. The van der Waals surface area contributed by atoms with Crippen molar-refractivity contribution < 1.29 is 9.53 Å². The molecule has 2 unspecified atom stereocenters. The van der Waals surface area contributed by atoms with E-state index in [0.717, 1.165) is 25.1 Å². The highest BCUT2D eigenvalue weighted by molar-refractivity contribution is 5.82. The summed E-state index contributed by atoms with van der Waals surface area (Å²) in [6.45, 7) is 2.36. The first kappa shape index (κ1) is 15.9. The lowest BCUT2D eigenvalue weighted by atomic mass is 9.90. The van der Waals surface area contributed by atoms with E-state index < -0.39 is 5.54 Å². The van der Waals surface area contributed by atoms with E-state index in [1.54, 1.807) is 0 Å². The third-order valence-electron chi connectivity index (χ3n) is 4.29. The molecular formula is C16H25N3O2. The predicted molar refractivity (Wildman–Crippen MR) is 82.9 cm³/mol. The molecule has 0 aromatic heterocycles. The monoisotopic (exact) mass is 291 g/mol. The molecule has 1 fully saturated rings. The van der Waals surface area contributed by atoms with Crippen molar-refractivity contribution in [1.82, 2.24) is 9.80 Å². The molecule has 1 saturated heterocycles. The lowest BCUT2D eigenvalue weighted by Gasteiger charge is -2.32. The van der Waals surface area contributed by atoms with Crippen molar-refractivity contribution in [3.63, 3.8) is 0 Å². The zero-order valence-corrected chi connectivity index (χ0v) is 13.1. The molecule has 0 saturated carbocycles. The quantitative estimate of drug-likeness (QED) is 0.807. The summed E-state index contributed by atoms with van der Waals surface area (Å²) in [7, 11) is 5.56. The van der Waals surface area contributed by atoms with E-state index in [2.05, 4.69) is 23.9 Å². The van der Waals surface area contributed by atoms with Crippen LogP contribution in [0.4, 0.5) is 0 Å². The standard InChI is InChI=1S/C16H25N3O2/c1-18(2)14-9-10-19(11-14)12-16(17,15(20)21-3)13-7-5-4-6-8-13/h4-8,14H,9-12,17H2,1-3H3. The van der Waals surface area contributed by atoms with E-state index in [9.17, 15) is 4.79 Å². The molecule has 2 atom stereocenters. The largest absolute Gasteiger partial charge is 0.467 e. The number of hydrogen-bond acceptors (Lipinski definition) is 5. The molecule has 116 valence electrons. The summed E-state index contributed by atoms with van der Waals surface area (Å²) in [6.07, 6.45) is 1.10. The van der Waals surface area contributed by atoms with Crippen molar-refractivity contribution in [2.24, 2.45) is 5.73 Å². The van der Waals surface area contributed by atoms with Gasteiger partial charge >= 0.3 is 5.97 Å². The van der Waals surface area contributed by atoms with Gasteiger partial charge < -0.3 is 15.4 Å². The maximum Gasteiger partial charge on any atom is 0.331 e. The molecule has 2 rings (SSSR count). The van der Waals surface area contributed by atoms with E-state index >= 15 is 0 Å². The average molecular weight is 291 g/mol. The molecule has 1 aromatic rings. The first-order valence-corrected chi connectivity index (χ1v) is 7.29. The van der Waals surface area contributed by atoms with Crippen molar-refractivity contribution in [3.05, 3.63) is 35.9 Å². The number of rotatable bonds is 5. The fraction of sp³-hybridized carbons (Fsp3) is 0.562. The van der Waals surface area contributed by atoms with Gasteiger partial charge in [0.25, 0.3) is 0 Å². The Labute approximate surface area is 126 Å². The molecule has 0 bridgehead atoms. The van der Waals surface area contributed by atoms with Gasteiger partial charge in [-0.3, -0.25) is 4.90 Å². The summed E-state index contributed by atoms with van der Waals surface area (Å²) >= 11 is 0. The number of benzene rings is 1. The van der Waals surface area contributed by atoms with Crippen LogP contribution >= 0.6 is 0 Å². The fourth-order valence-electron chi connectivity index (χ4n) is 2.92. The summed E-state index contributed by atoms with van der Waals surface area (Å²) < 4.78 is 4.95. The van der Waals surface area contributed by atoms with Crippen molar-refractivity contribution in [2.45, 2.75) is 18.0 Å². The molecule has 5 nitrogen and oxygen atoms in total. The maximum atomic E-state index is 12.3. The molecule has 2 N–H and O–H groups in total. The number of nitrogens with two attached hydrogens (primary N) is 1. The average Bonchev–Trinajstić information content (AvgIpc) is 2.95. The number of hydrogen-bond donors (Lipinski definition) is 1. The SMILES string of the molecule is COC(=O)C(N)(CN1CCC(N(C)C)C1)c1ccccc1. The molecular weight excluding hydrogens is 266 g/mol. The molecule has 0 radical (unpaired) electrons. The van der Waals surface area contributed by atoms with Gasteiger partial charge in [-0.05, 0) is 32.6 Å². The Morgan fingerprint density at radius 3 is 2.62 bits per heavy atom. The van der Waals surface area contributed by atoms with Gasteiger partial charge in [0.2, 0.25) is 0 Å². The molecule has 21 heavy (non-hydrogen) atoms. The Kier molecular flexibility index (Phi) is 4.98. The van der Waals surface area contributed by atoms with Gasteiger partial charge in [-0.2, -0.15) is 0 Å². The first-order valence-electron chi connectivity index (χ1n) is 7.29. The van der Waals surface area contributed by atoms with E-state index in [0.29, 0.717) is 12.6 Å². The summed E-state index contributed by atoms with van der Waals surface area (Å²) in [5, 5.41) is 0. The maximum absolute atomic E-state index is 12.3. The van der Waals surface area contributed by atoms with Gasteiger partial charge in [0.1, 0.15) is 0 Å². The van der Waals surface area contributed by atoms with Crippen LogP contribution in [0.15, 0.2) is 30.3 Å². The number of ether oxygens (including phenoxy) is 1. The molecule has 1 heterocycles. The summed E-state index contributed by atoms with van der Waals surface area (Å²) in [5.74, 6) is -0.387. The lowest BCUT2D eigenvalue weighted by Crippen LogP contribution is -2.54. The fourth-order valence-corrected chi connectivity index (χ4v) is 2.92. The van der Waals surface area contributed by atoms with Crippen LogP contribution in [0.2, 0.25) is 0 Å². The second kappa shape index (κ2) is 6.56. The van der Waals surface area contributed by atoms with Crippen molar-refractivity contribution in [3.8, 4) is 0 Å². The zero-order chi connectivity index (χ0) is 15.5. The van der Waals surface area contributed by atoms with Crippen LogP contribution in [0.5, 0.6) is 0 Å². The Morgan fingerprint density at radius 1 is 1.43 bits per heavy atom. The van der Waals surface area contributed by atoms with E-state index in [1.807, 2.05) is 30.3 Å². The van der Waals surface area contributed by atoms with Crippen LogP contribution in [0, 0.1) is 0 Å². The minimum absolute atomic E-state index is 0.387. The molecule has 0 aliphatic carbocycles. The normalized spacial score (nSPS) is 22.2. The van der Waals surface area contributed by atoms with Crippen LogP contribution in [-0.4, -0.2) is 62.7 Å². The third-order valence-corrected chi connectivity index (χ3v) is 4.29. The van der Waals surface area contributed by atoms with Crippen LogP contribution in [0.3, 0.4) is 0 Å². The van der Waals surface area contributed by atoms with Gasteiger partial charge in [0.15, 0.2) is 5.54 Å². The molecule has 1 aromatic carbocycles. The van der Waals surface area contributed by atoms with Crippen molar-refractivity contribution in [2.75, 3.05) is 40.8 Å². The summed E-state index contributed by atoms with van der Waals surface area (Å²) in [6, 6.07) is 9.99. The van der Waals surface area contributed by atoms with Crippen molar-refractivity contribution >= 4 is 5.97 Å². The Balaban J connectivity index is 2.17. The highest BCUT2D eigenvalue weighted by Gasteiger charge is 2.40. The van der Waals surface area contributed by atoms with Crippen LogP contribution in [-0.2, 0) is 15.1 Å². The summed E-state index contributed by atoms with van der Waals surface area (Å²) in [5.41, 5.74) is 6.13. The molecule has 5 heteroatoms. The van der Waals surface area contributed by atoms with Gasteiger partial charge in [-0.25, -0.2) is 4.79 Å². The Bertz CT molecular complexity index is 478. The topological polar surface area (TPSA) is 58.8 Å². The van der Waals surface area contributed by atoms with E-state index in [4.69, 9.17) is 10.5 Å². The number of carbonyl (C=O) groups is 1. The van der Waals surface area contributed by atoms with Gasteiger partial charge in [-0.15, -0.1) is 0 Å². The smallest absolute Gasteiger partial charge is 0.331 e. The van der Waals surface area contributed by atoms with Gasteiger partial charge in [-0.1, -0.05) is 30.3 Å². The molecule has 1 aliphatic rings. The molecule has 0 amide bonds. The first-order chi connectivity index (χ1) is 9.97. The van der Waals surface area contributed by atoms with E-state index in [-0.39, 0.29) is 5.97 Å². The van der Waals surface area contributed by atoms with Crippen LogP contribution in [0.1, 0.15) is 12.0 Å². The minimum atomic E-state index is -1.11. The highest BCUT2D eigenvalue weighted by atomic mass is 16.5. The number of esters is 1. The Morgan fingerprint density at radius 2 is 2.10 bits per heavy atom. The second-order valence-corrected chi connectivity index (χ2v) is 5.97. The zero-order valence-electron chi connectivity index (χ0n) is 13.1. The Hall–Kier alpha value is -1.43. The van der Waals surface area contributed by atoms with Crippen LogP contribution in [0.25, 0.3) is 0 Å². The number of likely N-dealkylation sites (tertiary alicyclic amines) is 1. The number of carbonyl (C=O) groups excluding carboxylic acids is 1. The minimum Gasteiger partial charge on any atom is -0.467 e. The second-order valence-electron chi connectivity index (χ2n) is 5.97. The third kappa shape index (κ3) is 3.43. The van der Waals surface area contributed by atoms with Gasteiger partial charge in [0, 0.05) is 19.1 Å². The highest BCUT2D eigenvalue weighted by Crippen LogP contribution is 2.24. The number of nitrogens with zero attached hydrogens (tertiary/aromatic N) is 2. The number of likely N-dealkylation sites (N-methyl/N-ethyl adjacent to an activating group) is 1. The summed E-state index contributed by atoms with van der Waals surface area (Å²) in [4.78, 5) is 16.7.